The van der Waals surface area contributed by atoms with Crippen molar-refractivity contribution in [3.8, 4) is 0 Å². The molecule has 0 saturated heterocycles. The summed E-state index contributed by atoms with van der Waals surface area (Å²) < 4.78 is 0. The van der Waals surface area contributed by atoms with E-state index in [0.717, 1.165) is 17.1 Å². The average molecular weight is 430 g/mol. The molecule has 4 rings (SSSR count). The van der Waals surface area contributed by atoms with Gasteiger partial charge >= 0.3 is 0 Å². The molecule has 1 heterocycles. The minimum absolute atomic E-state index is 0.221. The van der Waals surface area contributed by atoms with Crippen LogP contribution in [0, 0.1) is 6.92 Å². The van der Waals surface area contributed by atoms with Crippen LogP contribution >= 0.6 is 11.6 Å². The predicted octanol–water partition coefficient (Wildman–Crippen LogP) is 6.18. The minimum atomic E-state index is -0.221. The second kappa shape index (κ2) is 9.28. The summed E-state index contributed by atoms with van der Waals surface area (Å²) in [4.78, 5) is 21.3. The van der Waals surface area contributed by atoms with E-state index in [1.807, 2.05) is 67.6 Å². The van der Waals surface area contributed by atoms with Gasteiger partial charge in [-0.05, 0) is 61.5 Å². The van der Waals surface area contributed by atoms with Gasteiger partial charge in [0.1, 0.15) is 5.82 Å². The molecule has 0 fully saturated rings. The summed E-state index contributed by atoms with van der Waals surface area (Å²) in [7, 11) is 0. The Bertz CT molecular complexity index is 1200. The van der Waals surface area contributed by atoms with Gasteiger partial charge in [-0.3, -0.25) is 4.79 Å². The second-order valence-electron chi connectivity index (χ2n) is 6.88. The van der Waals surface area contributed by atoms with Crippen LogP contribution in [-0.2, 0) is 0 Å². The summed E-state index contributed by atoms with van der Waals surface area (Å²) in [6, 6.07) is 25.8. The molecule has 1 aromatic heterocycles. The number of halogens is 1. The molecule has 0 bridgehead atoms. The molecule has 0 radical (unpaired) electrons. The lowest BCUT2D eigenvalue weighted by atomic mass is 10.2. The number of anilines is 5. The number of nitrogens with zero attached hydrogens (tertiary/aromatic N) is 2. The van der Waals surface area contributed by atoms with E-state index in [1.54, 1.807) is 24.3 Å². The molecule has 3 N–H and O–H groups in total. The minimum Gasteiger partial charge on any atom is -0.340 e. The fourth-order valence-electron chi connectivity index (χ4n) is 2.96. The molecule has 0 aliphatic carbocycles. The molecular formula is C24H20ClN5O. The van der Waals surface area contributed by atoms with Gasteiger partial charge in [0.2, 0.25) is 5.95 Å². The first-order valence-electron chi connectivity index (χ1n) is 9.67. The number of aromatic nitrogens is 2. The Morgan fingerprint density at radius 3 is 2.23 bits per heavy atom. The molecule has 0 atom stereocenters. The second-order valence-corrected chi connectivity index (χ2v) is 7.31. The largest absolute Gasteiger partial charge is 0.340 e. The third-order valence-corrected chi connectivity index (χ3v) is 4.62. The number of carbonyl (C=O) groups is 1. The van der Waals surface area contributed by atoms with E-state index in [-0.39, 0.29) is 5.91 Å². The Hall–Kier alpha value is -3.90. The van der Waals surface area contributed by atoms with E-state index in [9.17, 15) is 4.79 Å². The number of carbonyl (C=O) groups excluding carboxylic acids is 1. The van der Waals surface area contributed by atoms with Crippen molar-refractivity contribution in [1.29, 1.82) is 0 Å². The SMILES string of the molecule is Cc1cc(Nc2ccccc2)nc(Nc2ccc(NC(=O)c3cccc(Cl)c3)cc2)n1. The zero-order valence-corrected chi connectivity index (χ0v) is 17.5. The highest BCUT2D eigenvalue weighted by Crippen LogP contribution is 2.21. The summed E-state index contributed by atoms with van der Waals surface area (Å²) in [6.07, 6.45) is 0. The highest BCUT2D eigenvalue weighted by atomic mass is 35.5. The van der Waals surface area contributed by atoms with Crippen molar-refractivity contribution < 1.29 is 4.79 Å². The Balaban J connectivity index is 1.43. The molecule has 0 unspecified atom stereocenters. The first-order chi connectivity index (χ1) is 15.0. The zero-order valence-electron chi connectivity index (χ0n) is 16.8. The molecule has 0 aliphatic rings. The summed E-state index contributed by atoms with van der Waals surface area (Å²) in [6.45, 7) is 1.91. The van der Waals surface area contributed by atoms with Crippen molar-refractivity contribution in [2.45, 2.75) is 6.92 Å². The van der Waals surface area contributed by atoms with E-state index < -0.39 is 0 Å². The third-order valence-electron chi connectivity index (χ3n) is 4.39. The molecule has 6 nitrogen and oxygen atoms in total. The normalized spacial score (nSPS) is 10.4. The monoisotopic (exact) mass is 429 g/mol. The van der Waals surface area contributed by atoms with E-state index in [4.69, 9.17) is 11.6 Å². The molecule has 1 amide bonds. The predicted molar refractivity (Wildman–Crippen MR) is 126 cm³/mol. The molecule has 0 spiro atoms. The van der Waals surface area contributed by atoms with Crippen molar-refractivity contribution in [3.63, 3.8) is 0 Å². The van der Waals surface area contributed by atoms with Gasteiger partial charge in [0.25, 0.3) is 5.91 Å². The molecule has 7 heteroatoms. The number of nitrogens with one attached hydrogen (secondary N) is 3. The summed E-state index contributed by atoms with van der Waals surface area (Å²) in [5, 5.41) is 9.85. The Labute approximate surface area is 185 Å². The number of hydrogen-bond donors (Lipinski definition) is 3. The number of benzene rings is 3. The number of para-hydroxylation sites is 1. The van der Waals surface area contributed by atoms with Crippen LogP contribution in [0.4, 0.5) is 28.8 Å². The Morgan fingerprint density at radius 2 is 1.48 bits per heavy atom. The molecule has 3 aromatic carbocycles. The first kappa shape index (κ1) is 20.4. The average Bonchev–Trinajstić information content (AvgIpc) is 2.75. The molecule has 4 aromatic rings. The van der Waals surface area contributed by atoms with Gasteiger partial charge < -0.3 is 16.0 Å². The van der Waals surface area contributed by atoms with Gasteiger partial charge in [-0.25, -0.2) is 4.98 Å². The van der Waals surface area contributed by atoms with Crippen molar-refractivity contribution >= 4 is 46.3 Å². The summed E-state index contributed by atoms with van der Waals surface area (Å²) >= 11 is 5.95. The van der Waals surface area contributed by atoms with Crippen LogP contribution in [0.5, 0.6) is 0 Å². The number of rotatable bonds is 6. The molecule has 0 aliphatic heterocycles. The number of hydrogen-bond acceptors (Lipinski definition) is 5. The third kappa shape index (κ3) is 5.58. The van der Waals surface area contributed by atoms with E-state index in [2.05, 4.69) is 25.9 Å². The first-order valence-corrected chi connectivity index (χ1v) is 10.0. The van der Waals surface area contributed by atoms with Crippen LogP contribution in [0.25, 0.3) is 0 Å². The Kier molecular flexibility index (Phi) is 6.10. The van der Waals surface area contributed by atoms with Gasteiger partial charge in [-0.1, -0.05) is 35.9 Å². The highest BCUT2D eigenvalue weighted by molar-refractivity contribution is 6.31. The van der Waals surface area contributed by atoms with Crippen LogP contribution < -0.4 is 16.0 Å². The maximum atomic E-state index is 12.4. The van der Waals surface area contributed by atoms with Crippen molar-refractivity contribution in [2.75, 3.05) is 16.0 Å². The Morgan fingerprint density at radius 1 is 0.774 bits per heavy atom. The fourth-order valence-corrected chi connectivity index (χ4v) is 3.15. The maximum absolute atomic E-state index is 12.4. The lowest BCUT2D eigenvalue weighted by molar-refractivity contribution is 0.102. The molecule has 0 saturated carbocycles. The summed E-state index contributed by atoms with van der Waals surface area (Å²) in [5.41, 5.74) is 3.76. The van der Waals surface area contributed by atoms with Gasteiger partial charge in [-0.15, -0.1) is 0 Å². The fraction of sp³-hybridized carbons (Fsp3) is 0.0417. The quantitative estimate of drug-likeness (QED) is 0.341. The summed E-state index contributed by atoms with van der Waals surface area (Å²) in [5.74, 6) is 0.961. The van der Waals surface area contributed by atoms with E-state index in [1.165, 1.54) is 0 Å². The van der Waals surface area contributed by atoms with Crippen LogP contribution in [0.1, 0.15) is 16.1 Å². The molecule has 31 heavy (non-hydrogen) atoms. The lowest BCUT2D eigenvalue weighted by Crippen LogP contribution is -2.11. The lowest BCUT2D eigenvalue weighted by Gasteiger charge is -2.11. The van der Waals surface area contributed by atoms with Crippen molar-refractivity contribution in [2.24, 2.45) is 0 Å². The number of amides is 1. The maximum Gasteiger partial charge on any atom is 0.255 e. The highest BCUT2D eigenvalue weighted by Gasteiger charge is 2.07. The zero-order chi connectivity index (χ0) is 21.6. The van der Waals surface area contributed by atoms with Gasteiger partial charge in [-0.2, -0.15) is 4.98 Å². The van der Waals surface area contributed by atoms with Crippen LogP contribution in [0.2, 0.25) is 5.02 Å². The van der Waals surface area contributed by atoms with Crippen LogP contribution in [-0.4, -0.2) is 15.9 Å². The number of aryl methyl sites for hydroxylation is 1. The van der Waals surface area contributed by atoms with Crippen molar-refractivity contribution in [3.05, 3.63) is 101 Å². The molecule has 154 valence electrons. The van der Waals surface area contributed by atoms with E-state index >= 15 is 0 Å². The van der Waals surface area contributed by atoms with Gasteiger partial charge in [0.05, 0.1) is 0 Å². The van der Waals surface area contributed by atoms with Gasteiger partial charge in [0, 0.05) is 39.4 Å². The standard InChI is InChI=1S/C24H20ClN5O/c1-16-14-22(27-19-8-3-2-4-9-19)30-24(26-16)29-21-12-10-20(11-13-21)28-23(31)17-6-5-7-18(25)15-17/h2-15H,1H3,(H,28,31)(H2,26,27,29,30). The van der Waals surface area contributed by atoms with E-state index in [0.29, 0.717) is 28.0 Å². The molecular weight excluding hydrogens is 410 g/mol. The topological polar surface area (TPSA) is 78.9 Å². The van der Waals surface area contributed by atoms with Crippen LogP contribution in [0.3, 0.4) is 0 Å². The van der Waals surface area contributed by atoms with Crippen LogP contribution in [0.15, 0.2) is 84.9 Å². The van der Waals surface area contributed by atoms with Gasteiger partial charge in [0.15, 0.2) is 0 Å². The van der Waals surface area contributed by atoms with Crippen molar-refractivity contribution in [1.82, 2.24) is 9.97 Å². The smallest absolute Gasteiger partial charge is 0.255 e.